The summed E-state index contributed by atoms with van der Waals surface area (Å²) in [6.45, 7) is 0.353. The molecule has 1 aromatic heterocycles. The van der Waals surface area contributed by atoms with Crippen molar-refractivity contribution in [2.24, 2.45) is 5.73 Å². The Morgan fingerprint density at radius 1 is 1.31 bits per heavy atom. The maximum atomic E-state index is 5.84. The number of ether oxygens (including phenoxy) is 1. The smallest absolute Gasteiger partial charge is 0.243 e. The molecule has 5 heteroatoms. The highest BCUT2D eigenvalue weighted by Gasteiger charge is 2.05. The van der Waals surface area contributed by atoms with Gasteiger partial charge in [-0.25, -0.2) is 0 Å². The second-order valence-corrected chi connectivity index (χ2v) is 3.56. The van der Waals surface area contributed by atoms with Crippen molar-refractivity contribution in [1.82, 2.24) is 10.2 Å². The Balaban J connectivity index is 2.26. The van der Waals surface area contributed by atoms with Crippen LogP contribution in [0, 0.1) is 0 Å². The zero-order valence-corrected chi connectivity index (χ0v) is 9.19. The van der Waals surface area contributed by atoms with Gasteiger partial charge >= 0.3 is 0 Å². The molecule has 0 saturated heterocycles. The number of hydrogen-bond donors (Lipinski definition) is 1. The number of nitrogens with zero attached hydrogens (tertiary/aromatic N) is 2. The molecule has 0 aliphatic carbocycles. The molecule has 82 valence electrons. The van der Waals surface area contributed by atoms with Crippen LogP contribution in [0.15, 0.2) is 36.5 Å². The maximum absolute atomic E-state index is 5.84. The van der Waals surface area contributed by atoms with Crippen molar-refractivity contribution in [3.8, 4) is 11.6 Å². The van der Waals surface area contributed by atoms with Gasteiger partial charge in [-0.3, -0.25) is 0 Å². The van der Waals surface area contributed by atoms with Gasteiger partial charge in [0.1, 0.15) is 5.75 Å². The first-order valence-electron chi connectivity index (χ1n) is 4.73. The Kier molecular flexibility index (Phi) is 3.34. The summed E-state index contributed by atoms with van der Waals surface area (Å²) >= 11 is 5.84. The van der Waals surface area contributed by atoms with Gasteiger partial charge in [-0.15, -0.1) is 5.10 Å². The Hall–Kier alpha value is -1.65. The third-order valence-electron chi connectivity index (χ3n) is 2.00. The van der Waals surface area contributed by atoms with Gasteiger partial charge in [0.05, 0.1) is 6.20 Å². The largest absolute Gasteiger partial charge is 0.437 e. The van der Waals surface area contributed by atoms with Gasteiger partial charge in [-0.1, -0.05) is 17.7 Å². The fraction of sp³-hybridized carbons (Fsp3) is 0.0909. The van der Waals surface area contributed by atoms with Crippen LogP contribution in [-0.4, -0.2) is 10.2 Å². The molecular weight excluding hydrogens is 226 g/mol. The minimum Gasteiger partial charge on any atom is -0.437 e. The molecule has 0 amide bonds. The first kappa shape index (κ1) is 10.9. The van der Waals surface area contributed by atoms with Crippen LogP contribution < -0.4 is 10.5 Å². The quantitative estimate of drug-likeness (QED) is 0.887. The van der Waals surface area contributed by atoms with Gasteiger partial charge in [0.15, 0.2) is 0 Å². The van der Waals surface area contributed by atoms with Crippen molar-refractivity contribution in [1.29, 1.82) is 0 Å². The van der Waals surface area contributed by atoms with E-state index in [9.17, 15) is 0 Å². The number of hydrogen-bond acceptors (Lipinski definition) is 4. The van der Waals surface area contributed by atoms with Crippen molar-refractivity contribution in [3.05, 3.63) is 47.1 Å². The molecule has 2 aromatic rings. The van der Waals surface area contributed by atoms with E-state index in [2.05, 4.69) is 10.2 Å². The Bertz CT molecular complexity index is 490. The summed E-state index contributed by atoms with van der Waals surface area (Å²) in [6.07, 6.45) is 1.58. The summed E-state index contributed by atoms with van der Waals surface area (Å²) in [5.41, 5.74) is 6.36. The molecule has 0 radical (unpaired) electrons. The first-order valence-corrected chi connectivity index (χ1v) is 5.11. The lowest BCUT2D eigenvalue weighted by Gasteiger charge is -2.07. The predicted octanol–water partition coefficient (Wildman–Crippen LogP) is 2.38. The van der Waals surface area contributed by atoms with E-state index < -0.39 is 0 Å². The molecule has 0 aliphatic heterocycles. The van der Waals surface area contributed by atoms with Crippen LogP contribution in [0.3, 0.4) is 0 Å². The zero-order chi connectivity index (χ0) is 11.4. The molecular formula is C11H10ClN3O. The third kappa shape index (κ3) is 2.48. The minimum absolute atomic E-state index is 0.353. The third-order valence-corrected chi connectivity index (χ3v) is 2.23. The lowest BCUT2D eigenvalue weighted by atomic mass is 10.3. The van der Waals surface area contributed by atoms with E-state index in [-0.39, 0.29) is 0 Å². The molecule has 0 fully saturated rings. The summed E-state index contributed by atoms with van der Waals surface area (Å²) in [5, 5.41) is 8.23. The van der Waals surface area contributed by atoms with Gasteiger partial charge in [0, 0.05) is 17.1 Å². The van der Waals surface area contributed by atoms with Gasteiger partial charge in [0.25, 0.3) is 0 Å². The second kappa shape index (κ2) is 4.92. The zero-order valence-electron chi connectivity index (χ0n) is 8.43. The molecule has 4 nitrogen and oxygen atoms in total. The number of aromatic nitrogens is 2. The second-order valence-electron chi connectivity index (χ2n) is 3.13. The highest BCUT2D eigenvalue weighted by molar-refractivity contribution is 6.30. The molecule has 1 aromatic carbocycles. The summed E-state index contributed by atoms with van der Waals surface area (Å²) in [7, 11) is 0. The standard InChI is InChI=1S/C11H10ClN3O/c12-9-2-1-3-10(6-9)16-11-8(7-13)4-5-14-15-11/h1-6H,7,13H2. The van der Waals surface area contributed by atoms with Gasteiger partial charge in [-0.2, -0.15) is 5.10 Å². The van der Waals surface area contributed by atoms with Crippen molar-refractivity contribution in [2.75, 3.05) is 0 Å². The molecule has 0 aliphatic rings. The fourth-order valence-corrected chi connectivity index (χ4v) is 1.41. The molecule has 0 saturated carbocycles. The van der Waals surface area contributed by atoms with E-state index in [4.69, 9.17) is 22.1 Å². The number of nitrogens with two attached hydrogens (primary N) is 1. The van der Waals surface area contributed by atoms with Crippen molar-refractivity contribution in [2.45, 2.75) is 6.54 Å². The minimum atomic E-state index is 0.353. The highest BCUT2D eigenvalue weighted by atomic mass is 35.5. The van der Waals surface area contributed by atoms with E-state index in [1.165, 1.54) is 0 Å². The van der Waals surface area contributed by atoms with Crippen molar-refractivity contribution < 1.29 is 4.74 Å². The summed E-state index contributed by atoms with van der Waals surface area (Å²) in [4.78, 5) is 0. The summed E-state index contributed by atoms with van der Waals surface area (Å²) in [6, 6.07) is 8.84. The normalized spacial score (nSPS) is 10.1. The molecule has 0 spiro atoms. The number of benzene rings is 1. The molecule has 0 atom stereocenters. The monoisotopic (exact) mass is 235 g/mol. The van der Waals surface area contributed by atoms with Crippen LogP contribution in [0.4, 0.5) is 0 Å². The average molecular weight is 236 g/mol. The molecule has 16 heavy (non-hydrogen) atoms. The Morgan fingerprint density at radius 3 is 2.94 bits per heavy atom. The van der Waals surface area contributed by atoms with Crippen LogP contribution in [0.2, 0.25) is 5.02 Å². The van der Waals surface area contributed by atoms with Gasteiger partial charge < -0.3 is 10.5 Å². The summed E-state index contributed by atoms with van der Waals surface area (Å²) < 4.78 is 5.54. The fourth-order valence-electron chi connectivity index (χ4n) is 1.23. The molecule has 0 unspecified atom stereocenters. The van der Waals surface area contributed by atoms with E-state index in [1.807, 2.05) is 0 Å². The molecule has 1 heterocycles. The molecule has 2 N–H and O–H groups in total. The first-order chi connectivity index (χ1) is 7.79. The SMILES string of the molecule is NCc1ccnnc1Oc1cccc(Cl)c1. The average Bonchev–Trinajstić information content (AvgIpc) is 2.30. The lowest BCUT2D eigenvalue weighted by molar-refractivity contribution is 0.448. The maximum Gasteiger partial charge on any atom is 0.243 e. The highest BCUT2D eigenvalue weighted by Crippen LogP contribution is 2.24. The molecule has 0 bridgehead atoms. The van der Waals surface area contributed by atoms with E-state index in [0.717, 1.165) is 5.56 Å². The van der Waals surface area contributed by atoms with E-state index in [1.54, 1.807) is 36.5 Å². The van der Waals surface area contributed by atoms with Crippen LogP contribution in [0.25, 0.3) is 0 Å². The van der Waals surface area contributed by atoms with Crippen LogP contribution in [-0.2, 0) is 6.54 Å². The van der Waals surface area contributed by atoms with Crippen molar-refractivity contribution >= 4 is 11.6 Å². The topological polar surface area (TPSA) is 61.0 Å². The van der Waals surface area contributed by atoms with Crippen LogP contribution >= 0.6 is 11.6 Å². The Morgan fingerprint density at radius 2 is 2.19 bits per heavy atom. The van der Waals surface area contributed by atoms with Gasteiger partial charge in [-0.05, 0) is 24.3 Å². The van der Waals surface area contributed by atoms with Gasteiger partial charge in [0.2, 0.25) is 5.88 Å². The van der Waals surface area contributed by atoms with Crippen LogP contribution in [0.5, 0.6) is 11.6 Å². The number of halogens is 1. The summed E-state index contributed by atoms with van der Waals surface area (Å²) in [5.74, 6) is 1.02. The van der Waals surface area contributed by atoms with Crippen LogP contribution in [0.1, 0.15) is 5.56 Å². The lowest BCUT2D eigenvalue weighted by Crippen LogP contribution is -2.02. The van der Waals surface area contributed by atoms with E-state index >= 15 is 0 Å². The van der Waals surface area contributed by atoms with Crippen molar-refractivity contribution in [3.63, 3.8) is 0 Å². The number of rotatable bonds is 3. The predicted molar refractivity (Wildman–Crippen MR) is 61.4 cm³/mol. The van der Waals surface area contributed by atoms with E-state index in [0.29, 0.717) is 23.2 Å². The molecule has 2 rings (SSSR count). The Labute approximate surface area is 98.0 Å².